The van der Waals surface area contributed by atoms with Crippen molar-refractivity contribution in [1.29, 1.82) is 0 Å². The molecule has 0 saturated heterocycles. The first-order valence-corrected chi connectivity index (χ1v) is 9.88. The minimum Gasteiger partial charge on any atom is -0.490 e. The Morgan fingerprint density at radius 2 is 1.74 bits per heavy atom. The molecule has 1 aromatic heterocycles. The monoisotopic (exact) mass is 403 g/mol. The number of hydrogen-bond acceptors (Lipinski definition) is 4. The van der Waals surface area contributed by atoms with Gasteiger partial charge in [-0.05, 0) is 54.6 Å². The fraction of sp³-hybridized carbons (Fsp3) is 0.273. The molecule has 0 spiro atoms. The number of thiophene rings is 1. The van der Waals surface area contributed by atoms with E-state index in [1.54, 1.807) is 11.3 Å². The third kappa shape index (κ3) is 6.90. The molecule has 0 aliphatic carbocycles. The van der Waals surface area contributed by atoms with Crippen LogP contribution >= 0.6 is 23.7 Å². The van der Waals surface area contributed by atoms with E-state index in [4.69, 9.17) is 9.47 Å². The lowest BCUT2D eigenvalue weighted by Gasteiger charge is -2.13. The number of halogens is 1. The molecule has 3 aromatic rings. The Morgan fingerprint density at radius 1 is 0.889 bits per heavy atom. The zero-order valence-electron chi connectivity index (χ0n) is 15.5. The van der Waals surface area contributed by atoms with Gasteiger partial charge in [-0.1, -0.05) is 42.5 Å². The highest BCUT2D eigenvalue weighted by Crippen LogP contribution is 2.29. The maximum atomic E-state index is 5.94. The highest BCUT2D eigenvalue weighted by atomic mass is 35.5. The summed E-state index contributed by atoms with van der Waals surface area (Å²) < 4.78 is 11.7. The molecule has 144 valence electrons. The molecular formula is C22H26ClNO2S. The van der Waals surface area contributed by atoms with Crippen LogP contribution in [0.5, 0.6) is 11.5 Å². The molecule has 0 saturated carbocycles. The number of rotatable bonds is 10. The van der Waals surface area contributed by atoms with Gasteiger partial charge in [-0.2, -0.15) is 0 Å². The number of ether oxygens (including phenoxy) is 2. The molecule has 0 aliphatic heterocycles. The van der Waals surface area contributed by atoms with Crippen LogP contribution in [0.1, 0.15) is 22.9 Å². The van der Waals surface area contributed by atoms with Crippen LogP contribution in [0.2, 0.25) is 0 Å². The van der Waals surface area contributed by atoms with E-state index in [0.717, 1.165) is 31.0 Å². The van der Waals surface area contributed by atoms with Crippen LogP contribution in [0.3, 0.4) is 0 Å². The van der Waals surface area contributed by atoms with Crippen LogP contribution in [0.4, 0.5) is 0 Å². The molecule has 1 heterocycles. The summed E-state index contributed by atoms with van der Waals surface area (Å²) in [6, 6.07) is 20.8. The molecule has 3 nitrogen and oxygen atoms in total. The quantitative estimate of drug-likeness (QED) is 0.454. The van der Waals surface area contributed by atoms with Gasteiger partial charge in [-0.15, -0.1) is 23.7 Å². The van der Waals surface area contributed by atoms with Crippen LogP contribution < -0.4 is 14.8 Å². The van der Waals surface area contributed by atoms with Gasteiger partial charge in [0.05, 0.1) is 6.61 Å². The standard InChI is InChI=1S/C22H25NO2S.ClH/c1-2-24-22-15-19(16-23-13-12-18-7-4-3-5-8-18)10-11-21(22)25-17-20-9-6-14-26-20;/h3-11,14-15,23H,2,12-13,16-17H2,1H3;1H. The second-order valence-electron chi connectivity index (χ2n) is 5.99. The van der Waals surface area contributed by atoms with Crippen molar-refractivity contribution in [1.82, 2.24) is 5.32 Å². The first kappa shape index (κ1) is 21.3. The molecule has 1 N–H and O–H groups in total. The highest BCUT2D eigenvalue weighted by Gasteiger charge is 2.07. The summed E-state index contributed by atoms with van der Waals surface area (Å²) >= 11 is 1.70. The van der Waals surface area contributed by atoms with Crippen LogP contribution in [-0.2, 0) is 19.6 Å². The molecule has 0 fully saturated rings. The Kier molecular flexibility index (Phi) is 9.19. The molecule has 0 unspecified atom stereocenters. The number of benzene rings is 2. The minimum absolute atomic E-state index is 0. The maximum absolute atomic E-state index is 5.94. The summed E-state index contributed by atoms with van der Waals surface area (Å²) in [5.41, 5.74) is 2.55. The van der Waals surface area contributed by atoms with Gasteiger partial charge in [0, 0.05) is 11.4 Å². The Morgan fingerprint density at radius 3 is 2.48 bits per heavy atom. The average Bonchev–Trinajstić information content (AvgIpc) is 3.19. The summed E-state index contributed by atoms with van der Waals surface area (Å²) in [4.78, 5) is 1.21. The summed E-state index contributed by atoms with van der Waals surface area (Å²) in [7, 11) is 0. The number of hydrogen-bond donors (Lipinski definition) is 1. The zero-order valence-corrected chi connectivity index (χ0v) is 17.2. The normalized spacial score (nSPS) is 10.3. The Labute approximate surface area is 171 Å². The van der Waals surface area contributed by atoms with Crippen molar-refractivity contribution in [2.75, 3.05) is 13.2 Å². The van der Waals surface area contributed by atoms with Gasteiger partial charge in [0.1, 0.15) is 6.61 Å². The molecule has 5 heteroatoms. The first-order valence-electron chi connectivity index (χ1n) is 9.00. The third-order valence-corrected chi connectivity index (χ3v) is 4.87. The van der Waals surface area contributed by atoms with Gasteiger partial charge in [0.15, 0.2) is 11.5 Å². The molecule has 0 amide bonds. The van der Waals surface area contributed by atoms with E-state index in [2.05, 4.69) is 53.2 Å². The fourth-order valence-electron chi connectivity index (χ4n) is 2.70. The van der Waals surface area contributed by atoms with E-state index in [1.165, 1.54) is 16.0 Å². The van der Waals surface area contributed by atoms with Gasteiger partial charge >= 0.3 is 0 Å². The predicted octanol–water partition coefficient (Wildman–Crippen LogP) is 5.48. The van der Waals surface area contributed by atoms with Crippen molar-refractivity contribution in [2.24, 2.45) is 0 Å². The van der Waals surface area contributed by atoms with E-state index in [9.17, 15) is 0 Å². The smallest absolute Gasteiger partial charge is 0.161 e. The van der Waals surface area contributed by atoms with E-state index < -0.39 is 0 Å². The van der Waals surface area contributed by atoms with Crippen molar-refractivity contribution in [2.45, 2.75) is 26.5 Å². The van der Waals surface area contributed by atoms with E-state index in [1.807, 2.05) is 25.1 Å². The zero-order chi connectivity index (χ0) is 18.0. The van der Waals surface area contributed by atoms with Crippen molar-refractivity contribution in [3.8, 4) is 11.5 Å². The number of nitrogens with one attached hydrogen (secondary N) is 1. The minimum atomic E-state index is 0. The average molecular weight is 404 g/mol. The SMILES string of the molecule is CCOc1cc(CNCCc2ccccc2)ccc1OCc1cccs1.Cl. The largest absolute Gasteiger partial charge is 0.490 e. The molecule has 0 bridgehead atoms. The van der Waals surface area contributed by atoms with E-state index >= 15 is 0 Å². The fourth-order valence-corrected chi connectivity index (χ4v) is 3.32. The molecule has 3 rings (SSSR count). The highest BCUT2D eigenvalue weighted by molar-refractivity contribution is 7.09. The molecule has 0 radical (unpaired) electrons. The Bertz CT molecular complexity index is 778. The topological polar surface area (TPSA) is 30.5 Å². The van der Waals surface area contributed by atoms with Crippen molar-refractivity contribution in [3.05, 3.63) is 82.0 Å². The van der Waals surface area contributed by atoms with Crippen molar-refractivity contribution in [3.63, 3.8) is 0 Å². The third-order valence-electron chi connectivity index (χ3n) is 4.02. The van der Waals surface area contributed by atoms with Gasteiger partial charge in [0.25, 0.3) is 0 Å². The first-order chi connectivity index (χ1) is 12.8. The van der Waals surface area contributed by atoms with Crippen LogP contribution in [0.15, 0.2) is 66.0 Å². The summed E-state index contributed by atoms with van der Waals surface area (Å²) in [5, 5.41) is 5.56. The van der Waals surface area contributed by atoms with Gasteiger partial charge in [-0.25, -0.2) is 0 Å². The second-order valence-corrected chi connectivity index (χ2v) is 7.03. The van der Waals surface area contributed by atoms with Crippen LogP contribution in [-0.4, -0.2) is 13.2 Å². The molecular weight excluding hydrogens is 378 g/mol. The van der Waals surface area contributed by atoms with Gasteiger partial charge in [-0.3, -0.25) is 0 Å². The van der Waals surface area contributed by atoms with Gasteiger partial charge in [0.2, 0.25) is 0 Å². The predicted molar refractivity (Wildman–Crippen MR) is 115 cm³/mol. The maximum Gasteiger partial charge on any atom is 0.161 e. The summed E-state index contributed by atoms with van der Waals surface area (Å²) in [6.45, 7) is 4.96. The lowest BCUT2D eigenvalue weighted by atomic mass is 10.1. The molecule has 0 aliphatic rings. The summed E-state index contributed by atoms with van der Waals surface area (Å²) in [6.07, 6.45) is 1.03. The lowest BCUT2D eigenvalue weighted by molar-refractivity contribution is 0.271. The van der Waals surface area contributed by atoms with E-state index in [-0.39, 0.29) is 12.4 Å². The Hall–Kier alpha value is -2.01. The van der Waals surface area contributed by atoms with E-state index in [0.29, 0.717) is 13.2 Å². The molecule has 27 heavy (non-hydrogen) atoms. The second kappa shape index (κ2) is 11.7. The van der Waals surface area contributed by atoms with Crippen LogP contribution in [0, 0.1) is 0 Å². The van der Waals surface area contributed by atoms with Crippen molar-refractivity contribution < 1.29 is 9.47 Å². The Balaban J connectivity index is 0.00000261. The molecule has 2 aromatic carbocycles. The summed E-state index contributed by atoms with van der Waals surface area (Å²) in [5.74, 6) is 1.61. The van der Waals surface area contributed by atoms with Gasteiger partial charge < -0.3 is 14.8 Å². The lowest BCUT2D eigenvalue weighted by Crippen LogP contribution is -2.16. The van der Waals surface area contributed by atoms with Crippen LogP contribution in [0.25, 0.3) is 0 Å². The molecule has 0 atom stereocenters. The van der Waals surface area contributed by atoms with Crippen molar-refractivity contribution >= 4 is 23.7 Å².